The second-order valence-electron chi connectivity index (χ2n) is 12.3. The van der Waals surface area contributed by atoms with Crippen LogP contribution < -0.4 is 4.74 Å². The van der Waals surface area contributed by atoms with Crippen LogP contribution in [0.25, 0.3) is 11.0 Å². The normalized spacial score (nSPS) is 18.5. The maximum atomic E-state index is 14.0. The van der Waals surface area contributed by atoms with Gasteiger partial charge >= 0.3 is 5.97 Å². The summed E-state index contributed by atoms with van der Waals surface area (Å²) in [4.78, 5) is 21.6. The summed E-state index contributed by atoms with van der Waals surface area (Å²) in [7, 11) is -4.02. The number of carboxylic acid groups (broad SMARTS) is 1. The van der Waals surface area contributed by atoms with Crippen molar-refractivity contribution < 1.29 is 27.8 Å². The largest absolute Gasteiger partial charge is 0.481 e. The Balaban J connectivity index is 1.42. The lowest BCUT2D eigenvalue weighted by Gasteiger charge is -2.33. The Morgan fingerprint density at radius 2 is 1.93 bits per heavy atom. The molecule has 1 aliphatic heterocycles. The maximum absolute atomic E-state index is 14.0. The molecule has 4 aromatic rings. The van der Waals surface area contributed by atoms with Gasteiger partial charge in [0, 0.05) is 43.7 Å². The van der Waals surface area contributed by atoms with E-state index in [1.54, 1.807) is 26.1 Å². The van der Waals surface area contributed by atoms with Crippen LogP contribution in [0.5, 0.6) is 5.88 Å². The van der Waals surface area contributed by atoms with Crippen molar-refractivity contribution in [2.45, 2.75) is 70.4 Å². The van der Waals surface area contributed by atoms with Crippen molar-refractivity contribution in [1.82, 2.24) is 29.3 Å². The molecule has 2 aliphatic rings. The lowest BCUT2D eigenvalue weighted by molar-refractivity contribution is -0.147. The summed E-state index contributed by atoms with van der Waals surface area (Å²) in [6.45, 7) is 8.29. The lowest BCUT2D eigenvalue weighted by atomic mass is 9.70. The van der Waals surface area contributed by atoms with Crippen LogP contribution in [0.4, 0.5) is 0 Å². The summed E-state index contributed by atoms with van der Waals surface area (Å²) in [5, 5.41) is 19.3. The van der Waals surface area contributed by atoms with Gasteiger partial charge in [0.15, 0.2) is 0 Å². The van der Waals surface area contributed by atoms with E-state index < -0.39 is 27.3 Å². The molecule has 0 spiro atoms. The van der Waals surface area contributed by atoms with E-state index in [4.69, 9.17) is 9.47 Å². The minimum absolute atomic E-state index is 0.0123. The zero-order chi connectivity index (χ0) is 31.9. The van der Waals surface area contributed by atoms with Crippen molar-refractivity contribution in [2.24, 2.45) is 5.41 Å². The molecular weight excluding hydrogens is 596 g/mol. The Bertz CT molecular complexity index is 1850. The Morgan fingerprint density at radius 1 is 1.13 bits per heavy atom. The molecule has 1 atom stereocenters. The molecule has 45 heavy (non-hydrogen) atoms. The number of fused-ring (bicyclic) bond motifs is 2. The molecule has 3 aromatic heterocycles. The number of nitrogens with zero attached hydrogens (tertiary/aromatic N) is 6. The number of hydrogen-bond donors (Lipinski definition) is 1. The molecular formula is C32H38N6O6S. The molecule has 12 nitrogen and oxygen atoms in total. The first-order chi connectivity index (χ1) is 21.5. The van der Waals surface area contributed by atoms with Crippen molar-refractivity contribution in [3.05, 3.63) is 70.7 Å². The molecule has 238 valence electrons. The van der Waals surface area contributed by atoms with E-state index in [1.807, 2.05) is 36.7 Å². The molecule has 1 fully saturated rings. The van der Waals surface area contributed by atoms with Gasteiger partial charge in [-0.05, 0) is 87.4 Å². The van der Waals surface area contributed by atoms with E-state index in [1.165, 1.54) is 16.6 Å². The maximum Gasteiger partial charge on any atom is 0.310 e. The van der Waals surface area contributed by atoms with Gasteiger partial charge in [-0.15, -0.1) is 5.10 Å². The van der Waals surface area contributed by atoms with Crippen LogP contribution in [0.1, 0.15) is 73.0 Å². The third kappa shape index (κ3) is 5.91. The number of rotatable bonds is 7. The number of ether oxygens (including phenoxy) is 2. The van der Waals surface area contributed by atoms with E-state index in [0.29, 0.717) is 42.5 Å². The quantitative estimate of drug-likeness (QED) is 0.310. The highest BCUT2D eigenvalue weighted by molar-refractivity contribution is 7.89. The Kier molecular flexibility index (Phi) is 8.35. The van der Waals surface area contributed by atoms with Crippen LogP contribution >= 0.6 is 0 Å². The minimum Gasteiger partial charge on any atom is -0.481 e. The summed E-state index contributed by atoms with van der Waals surface area (Å²) in [6.07, 6.45) is 5.81. The van der Waals surface area contributed by atoms with Crippen LogP contribution in [-0.4, -0.2) is 75.1 Å². The first-order valence-corrected chi connectivity index (χ1v) is 16.6. The van der Waals surface area contributed by atoms with E-state index >= 15 is 0 Å². The SMILES string of the molecule is Cc1ncc([C@H](c2ccc3c(nnn3C3CC3)c2C)C(C)(C)C(=O)O)cc1CN1CCCOCCOc2ncccc2S1(=O)=O. The molecule has 1 N–H and O–H groups in total. The fourth-order valence-corrected chi connectivity index (χ4v) is 7.55. The van der Waals surface area contributed by atoms with Crippen molar-refractivity contribution in [3.8, 4) is 5.88 Å². The summed E-state index contributed by atoms with van der Waals surface area (Å²) >= 11 is 0. The highest BCUT2D eigenvalue weighted by Gasteiger charge is 2.41. The minimum atomic E-state index is -4.02. The number of hydrogen-bond acceptors (Lipinski definition) is 9. The monoisotopic (exact) mass is 634 g/mol. The molecule has 4 heterocycles. The molecule has 0 unspecified atom stereocenters. The average molecular weight is 635 g/mol. The van der Waals surface area contributed by atoms with Crippen LogP contribution in [-0.2, 0) is 26.1 Å². The van der Waals surface area contributed by atoms with Crippen LogP contribution in [0.15, 0.2) is 47.6 Å². The molecule has 0 amide bonds. The fourth-order valence-electron chi connectivity index (χ4n) is 6.02. The topological polar surface area (TPSA) is 150 Å². The molecule has 0 bridgehead atoms. The number of carboxylic acids is 1. The van der Waals surface area contributed by atoms with Crippen LogP contribution in [0, 0.1) is 19.3 Å². The van der Waals surface area contributed by atoms with Gasteiger partial charge in [0.25, 0.3) is 0 Å². The zero-order valence-corrected chi connectivity index (χ0v) is 26.7. The number of aromatic nitrogens is 5. The standard InChI is InChI=1S/C32H38N6O6S/c1-20-25(10-11-26-29(20)35-36-38(26)24-8-9-24)28(32(3,4)31(39)40)22-17-23(21(2)34-18-22)19-37-13-6-14-43-15-16-44-30-27(45(37,41)42)7-5-12-33-30/h5,7,10-12,17-18,24,28H,6,8-9,13-16,19H2,1-4H3,(H,39,40)/t28-/m1/s1. The van der Waals surface area contributed by atoms with E-state index in [9.17, 15) is 18.3 Å². The Labute approximate surface area is 262 Å². The Hall–Kier alpha value is -3.94. The Morgan fingerprint density at radius 3 is 2.69 bits per heavy atom. The molecule has 0 saturated heterocycles. The molecule has 0 radical (unpaired) electrons. The summed E-state index contributed by atoms with van der Waals surface area (Å²) < 4.78 is 42.7. The van der Waals surface area contributed by atoms with E-state index in [0.717, 1.165) is 35.0 Å². The van der Waals surface area contributed by atoms with Gasteiger partial charge in [0.2, 0.25) is 15.9 Å². The predicted molar refractivity (Wildman–Crippen MR) is 166 cm³/mol. The van der Waals surface area contributed by atoms with Gasteiger partial charge in [-0.2, -0.15) is 4.31 Å². The van der Waals surface area contributed by atoms with Gasteiger partial charge in [0.05, 0.1) is 23.6 Å². The van der Waals surface area contributed by atoms with E-state index in [-0.39, 0.29) is 30.5 Å². The number of benzene rings is 1. The molecule has 6 rings (SSSR count). The molecule has 13 heteroatoms. The van der Waals surface area contributed by atoms with E-state index in [2.05, 4.69) is 20.3 Å². The first kappa shape index (κ1) is 31.1. The lowest BCUT2D eigenvalue weighted by Crippen LogP contribution is -2.34. The molecule has 1 saturated carbocycles. The fraction of sp³-hybridized carbons (Fsp3) is 0.469. The van der Waals surface area contributed by atoms with Crippen molar-refractivity contribution in [2.75, 3.05) is 26.4 Å². The number of carbonyl (C=O) groups is 1. The number of aryl methyl sites for hydroxylation is 2. The smallest absolute Gasteiger partial charge is 0.310 e. The third-order valence-corrected chi connectivity index (χ3v) is 10.7. The second kappa shape index (κ2) is 12.1. The second-order valence-corrected chi connectivity index (χ2v) is 14.3. The van der Waals surface area contributed by atoms with Crippen molar-refractivity contribution in [3.63, 3.8) is 0 Å². The highest BCUT2D eigenvalue weighted by atomic mass is 32.2. The van der Waals surface area contributed by atoms with Crippen LogP contribution in [0.2, 0.25) is 0 Å². The highest BCUT2D eigenvalue weighted by Crippen LogP contribution is 2.45. The van der Waals surface area contributed by atoms with Gasteiger partial charge in [-0.1, -0.05) is 17.3 Å². The summed E-state index contributed by atoms with van der Waals surface area (Å²) in [6, 6.07) is 9.25. The van der Waals surface area contributed by atoms with Crippen LogP contribution in [0.3, 0.4) is 0 Å². The number of sulfonamides is 1. The van der Waals surface area contributed by atoms with Gasteiger partial charge in [-0.3, -0.25) is 9.78 Å². The summed E-state index contributed by atoms with van der Waals surface area (Å²) in [5.74, 6) is -1.54. The van der Waals surface area contributed by atoms with Gasteiger partial charge in [-0.25, -0.2) is 18.1 Å². The summed E-state index contributed by atoms with van der Waals surface area (Å²) in [5.41, 5.74) is 4.10. The molecule has 1 aromatic carbocycles. The van der Waals surface area contributed by atoms with Gasteiger partial charge < -0.3 is 14.6 Å². The average Bonchev–Trinajstić information content (AvgIpc) is 3.76. The zero-order valence-electron chi connectivity index (χ0n) is 25.9. The van der Waals surface area contributed by atoms with Crippen molar-refractivity contribution >= 4 is 27.0 Å². The molecule has 1 aliphatic carbocycles. The van der Waals surface area contributed by atoms with Gasteiger partial charge in [0.1, 0.15) is 17.0 Å². The number of pyridine rings is 2. The number of aliphatic carboxylic acids is 1. The van der Waals surface area contributed by atoms with Crippen molar-refractivity contribution in [1.29, 1.82) is 0 Å². The predicted octanol–water partition coefficient (Wildman–Crippen LogP) is 4.41. The third-order valence-electron chi connectivity index (χ3n) is 8.83. The first-order valence-electron chi connectivity index (χ1n) is 15.2.